The lowest BCUT2D eigenvalue weighted by Crippen LogP contribution is -2.44. The molecule has 7 heteroatoms. The topological polar surface area (TPSA) is 54.6 Å². The largest absolute Gasteiger partial charge is 0.379 e. The molecule has 0 radical (unpaired) electrons. The van der Waals surface area contributed by atoms with Crippen LogP contribution in [0.5, 0.6) is 0 Å². The second kappa shape index (κ2) is 7.09. The number of hydrogen-bond donors (Lipinski definition) is 0. The van der Waals surface area contributed by atoms with Gasteiger partial charge in [-0.1, -0.05) is 5.16 Å². The number of ether oxygens (including phenoxy) is 1. The minimum Gasteiger partial charge on any atom is -0.379 e. The Hall–Kier alpha value is -1.28. The van der Waals surface area contributed by atoms with Gasteiger partial charge in [0.05, 0.1) is 19.8 Å². The van der Waals surface area contributed by atoms with Gasteiger partial charge in [-0.15, -0.1) is 0 Å². The van der Waals surface area contributed by atoms with Crippen LogP contribution in [0.4, 0.5) is 0 Å². The molecule has 2 fully saturated rings. The molecular formula is C16H22N4O2S. The minimum atomic E-state index is 0.588. The lowest BCUT2D eigenvalue weighted by Gasteiger charge is -2.32. The highest BCUT2D eigenvalue weighted by Gasteiger charge is 2.28. The van der Waals surface area contributed by atoms with E-state index in [4.69, 9.17) is 9.26 Å². The van der Waals surface area contributed by atoms with Gasteiger partial charge in [0.2, 0.25) is 11.7 Å². The molecule has 1 unspecified atom stereocenters. The van der Waals surface area contributed by atoms with E-state index in [1.165, 1.54) is 12.8 Å². The summed E-state index contributed by atoms with van der Waals surface area (Å²) in [6.07, 6.45) is 2.50. The average Bonchev–Trinajstić information content (AvgIpc) is 3.31. The summed E-state index contributed by atoms with van der Waals surface area (Å²) < 4.78 is 10.9. The summed E-state index contributed by atoms with van der Waals surface area (Å²) in [5.74, 6) is 1.42. The number of likely N-dealkylation sites (tertiary alicyclic amines) is 1. The highest BCUT2D eigenvalue weighted by atomic mass is 32.1. The Bertz CT molecular complexity index is 609. The number of thiophene rings is 1. The third-order valence-corrected chi connectivity index (χ3v) is 5.34. The van der Waals surface area contributed by atoms with Gasteiger partial charge in [-0.2, -0.15) is 16.3 Å². The molecule has 6 nitrogen and oxygen atoms in total. The van der Waals surface area contributed by atoms with Crippen LogP contribution < -0.4 is 0 Å². The van der Waals surface area contributed by atoms with Gasteiger partial charge in [0.15, 0.2) is 0 Å². The standard InChI is InChI=1S/C16H22N4O2S/c1-2-14(10-19-5-7-21-8-6-19)20(4-1)11-15-17-16(18-22-15)13-3-9-23-12-13/h3,9,12,14H,1-2,4-8,10-11H2. The number of rotatable bonds is 5. The maximum Gasteiger partial charge on any atom is 0.241 e. The van der Waals surface area contributed by atoms with E-state index in [1.54, 1.807) is 11.3 Å². The van der Waals surface area contributed by atoms with E-state index in [2.05, 4.69) is 19.9 Å². The van der Waals surface area contributed by atoms with Gasteiger partial charge < -0.3 is 9.26 Å². The average molecular weight is 334 g/mol. The van der Waals surface area contributed by atoms with Crippen molar-refractivity contribution in [2.75, 3.05) is 39.4 Å². The lowest BCUT2D eigenvalue weighted by atomic mass is 10.2. The van der Waals surface area contributed by atoms with Crippen LogP contribution in [0.3, 0.4) is 0 Å². The predicted octanol–water partition coefficient (Wildman–Crippen LogP) is 2.09. The van der Waals surface area contributed by atoms with Crippen molar-refractivity contribution >= 4 is 11.3 Å². The molecule has 0 amide bonds. The van der Waals surface area contributed by atoms with Crippen molar-refractivity contribution in [3.05, 3.63) is 22.7 Å². The van der Waals surface area contributed by atoms with E-state index in [-0.39, 0.29) is 0 Å². The maximum atomic E-state index is 5.46. The first-order chi connectivity index (χ1) is 11.4. The van der Waals surface area contributed by atoms with E-state index >= 15 is 0 Å². The molecule has 0 bridgehead atoms. The molecule has 1 atom stereocenters. The number of aromatic nitrogens is 2. The van der Waals surface area contributed by atoms with Crippen molar-refractivity contribution in [2.45, 2.75) is 25.4 Å². The van der Waals surface area contributed by atoms with E-state index < -0.39 is 0 Å². The Morgan fingerprint density at radius 2 is 2.17 bits per heavy atom. The fraction of sp³-hybridized carbons (Fsp3) is 0.625. The van der Waals surface area contributed by atoms with Crippen LogP contribution in [0.1, 0.15) is 18.7 Å². The van der Waals surface area contributed by atoms with Crippen molar-refractivity contribution in [1.82, 2.24) is 19.9 Å². The summed E-state index contributed by atoms with van der Waals surface area (Å²) >= 11 is 1.65. The van der Waals surface area contributed by atoms with E-state index in [1.807, 2.05) is 16.8 Å². The molecule has 2 aliphatic heterocycles. The van der Waals surface area contributed by atoms with Crippen LogP contribution in [0, 0.1) is 0 Å². The fourth-order valence-electron chi connectivity index (χ4n) is 3.39. The third kappa shape index (κ3) is 3.63. The van der Waals surface area contributed by atoms with Crippen LogP contribution in [0.2, 0.25) is 0 Å². The molecule has 2 aromatic rings. The fourth-order valence-corrected chi connectivity index (χ4v) is 4.03. The maximum absolute atomic E-state index is 5.46. The summed E-state index contributed by atoms with van der Waals surface area (Å²) in [5.41, 5.74) is 1.04. The molecular weight excluding hydrogens is 312 g/mol. The van der Waals surface area contributed by atoms with Crippen molar-refractivity contribution in [3.63, 3.8) is 0 Å². The van der Waals surface area contributed by atoms with Gasteiger partial charge in [-0.25, -0.2) is 0 Å². The Labute approximate surface area is 140 Å². The molecule has 0 spiro atoms. The Balaban J connectivity index is 1.37. The normalized spacial score (nSPS) is 23.6. The molecule has 2 aliphatic rings. The SMILES string of the molecule is c1cc(-c2noc(CN3CCCC3CN3CCOCC3)n2)cs1. The van der Waals surface area contributed by atoms with E-state index in [0.717, 1.165) is 57.4 Å². The molecule has 2 aromatic heterocycles. The van der Waals surface area contributed by atoms with Gasteiger partial charge in [-0.05, 0) is 30.8 Å². The van der Waals surface area contributed by atoms with Crippen molar-refractivity contribution < 1.29 is 9.26 Å². The molecule has 0 aliphatic carbocycles. The van der Waals surface area contributed by atoms with Crippen LogP contribution in [0.25, 0.3) is 11.4 Å². The predicted molar refractivity (Wildman–Crippen MR) is 88.3 cm³/mol. The molecule has 2 saturated heterocycles. The first-order valence-electron chi connectivity index (χ1n) is 8.28. The van der Waals surface area contributed by atoms with Crippen LogP contribution >= 0.6 is 11.3 Å². The Kier molecular flexibility index (Phi) is 4.70. The smallest absolute Gasteiger partial charge is 0.241 e. The lowest BCUT2D eigenvalue weighted by molar-refractivity contribution is 0.0254. The second-order valence-electron chi connectivity index (χ2n) is 6.20. The van der Waals surface area contributed by atoms with Crippen molar-refractivity contribution in [1.29, 1.82) is 0 Å². The Morgan fingerprint density at radius 1 is 1.26 bits per heavy atom. The monoisotopic (exact) mass is 334 g/mol. The zero-order valence-corrected chi connectivity index (χ0v) is 14.0. The summed E-state index contributed by atoms with van der Waals surface area (Å²) in [6, 6.07) is 2.61. The van der Waals surface area contributed by atoms with Crippen LogP contribution in [-0.4, -0.2) is 65.4 Å². The summed E-state index contributed by atoms with van der Waals surface area (Å²) in [5, 5.41) is 8.19. The van der Waals surface area contributed by atoms with Gasteiger partial charge in [0.25, 0.3) is 0 Å². The summed E-state index contributed by atoms with van der Waals surface area (Å²) in [4.78, 5) is 9.55. The zero-order chi connectivity index (χ0) is 15.5. The molecule has 124 valence electrons. The van der Waals surface area contributed by atoms with E-state index in [0.29, 0.717) is 11.9 Å². The molecule has 0 saturated carbocycles. The Morgan fingerprint density at radius 3 is 3.00 bits per heavy atom. The first-order valence-corrected chi connectivity index (χ1v) is 9.22. The molecule has 4 rings (SSSR count). The van der Waals surface area contributed by atoms with Crippen molar-refractivity contribution in [3.8, 4) is 11.4 Å². The molecule has 0 aromatic carbocycles. The number of nitrogens with zero attached hydrogens (tertiary/aromatic N) is 4. The number of hydrogen-bond acceptors (Lipinski definition) is 7. The van der Waals surface area contributed by atoms with Gasteiger partial charge >= 0.3 is 0 Å². The highest BCUT2D eigenvalue weighted by molar-refractivity contribution is 7.08. The van der Waals surface area contributed by atoms with E-state index in [9.17, 15) is 0 Å². The summed E-state index contributed by atoms with van der Waals surface area (Å²) in [7, 11) is 0. The first kappa shape index (κ1) is 15.3. The molecule has 4 heterocycles. The van der Waals surface area contributed by atoms with Crippen LogP contribution in [-0.2, 0) is 11.3 Å². The zero-order valence-electron chi connectivity index (χ0n) is 13.2. The van der Waals surface area contributed by atoms with Gasteiger partial charge in [0.1, 0.15) is 0 Å². The van der Waals surface area contributed by atoms with Gasteiger partial charge in [0, 0.05) is 36.6 Å². The number of morpholine rings is 1. The van der Waals surface area contributed by atoms with Crippen LogP contribution in [0.15, 0.2) is 21.3 Å². The van der Waals surface area contributed by atoms with Gasteiger partial charge in [-0.3, -0.25) is 9.80 Å². The quantitative estimate of drug-likeness (QED) is 0.835. The second-order valence-corrected chi connectivity index (χ2v) is 6.98. The molecule has 0 N–H and O–H groups in total. The highest BCUT2D eigenvalue weighted by Crippen LogP contribution is 2.23. The minimum absolute atomic E-state index is 0.588. The third-order valence-electron chi connectivity index (χ3n) is 4.66. The summed E-state index contributed by atoms with van der Waals surface area (Å²) in [6.45, 7) is 6.81. The van der Waals surface area contributed by atoms with Crippen molar-refractivity contribution in [2.24, 2.45) is 0 Å². The molecule has 23 heavy (non-hydrogen) atoms.